The molecule has 158 valence electrons. The molecule has 0 saturated heterocycles. The molecule has 0 spiro atoms. The van der Waals surface area contributed by atoms with Crippen molar-refractivity contribution >= 4 is 0 Å². The molecule has 2 unspecified atom stereocenters. The van der Waals surface area contributed by atoms with E-state index in [1.54, 1.807) is 47.1 Å². The van der Waals surface area contributed by atoms with E-state index in [0.29, 0.717) is 30.0 Å². The lowest BCUT2D eigenvalue weighted by atomic mass is 10.0. The highest BCUT2D eigenvalue weighted by molar-refractivity contribution is 5.33. The summed E-state index contributed by atoms with van der Waals surface area (Å²) >= 11 is 0. The Hall–Kier alpha value is -2.91. The normalized spacial score (nSPS) is 18.3. The molecule has 3 heterocycles. The number of nitrogens with zero attached hydrogens (tertiary/aromatic N) is 4. The minimum Gasteiger partial charge on any atom is -0.372 e. The van der Waals surface area contributed by atoms with Crippen molar-refractivity contribution in [3.8, 4) is 5.69 Å². The smallest absolute Gasteiger partial charge is 0.372 e. The van der Waals surface area contributed by atoms with Crippen molar-refractivity contribution in [2.24, 2.45) is 0 Å². The van der Waals surface area contributed by atoms with Gasteiger partial charge in [0.25, 0.3) is 5.56 Å². The van der Waals surface area contributed by atoms with Gasteiger partial charge in [-0.15, -0.1) is 0 Å². The number of hydrogen-bond acceptors (Lipinski definition) is 4. The predicted molar refractivity (Wildman–Crippen MR) is 104 cm³/mol. The maximum absolute atomic E-state index is 13.1. The van der Waals surface area contributed by atoms with E-state index >= 15 is 0 Å². The first-order valence-electron chi connectivity index (χ1n) is 9.52. The lowest BCUT2D eigenvalue weighted by Crippen LogP contribution is -2.44. The Kier molecular flexibility index (Phi) is 5.03. The van der Waals surface area contributed by atoms with Crippen molar-refractivity contribution in [2.75, 3.05) is 6.54 Å². The van der Waals surface area contributed by atoms with Gasteiger partial charge in [0.05, 0.1) is 23.3 Å². The molecule has 1 aliphatic rings. The van der Waals surface area contributed by atoms with E-state index in [-0.39, 0.29) is 5.56 Å². The number of fused-ring (bicyclic) bond motifs is 1. The summed E-state index contributed by atoms with van der Waals surface area (Å²) in [6.45, 7) is 4.20. The van der Waals surface area contributed by atoms with Gasteiger partial charge < -0.3 is 14.2 Å². The van der Waals surface area contributed by atoms with Crippen LogP contribution in [0.1, 0.15) is 41.7 Å². The van der Waals surface area contributed by atoms with Crippen molar-refractivity contribution in [1.82, 2.24) is 19.0 Å². The van der Waals surface area contributed by atoms with Crippen molar-refractivity contribution in [2.45, 2.75) is 38.8 Å². The molecule has 30 heavy (non-hydrogen) atoms. The third kappa shape index (κ3) is 3.54. The van der Waals surface area contributed by atoms with E-state index < -0.39 is 24.0 Å². The zero-order valence-electron chi connectivity index (χ0n) is 16.5. The highest BCUT2D eigenvalue weighted by atomic mass is 19.4. The summed E-state index contributed by atoms with van der Waals surface area (Å²) in [5.41, 5.74) is 1.07. The third-order valence-corrected chi connectivity index (χ3v) is 5.53. The van der Waals surface area contributed by atoms with E-state index in [0.717, 1.165) is 17.8 Å². The SMILES string of the molecule is Cc1cn(-c2ccc3n(c2=O)CCN(C(C)c2cccc(C(F)(F)F)c2)C3O)cn1. The first-order valence-corrected chi connectivity index (χ1v) is 9.52. The number of aryl methyl sites for hydroxylation is 1. The minimum atomic E-state index is -4.43. The second-order valence-corrected chi connectivity index (χ2v) is 7.43. The summed E-state index contributed by atoms with van der Waals surface area (Å²) < 4.78 is 42.3. The summed E-state index contributed by atoms with van der Waals surface area (Å²) in [6, 6.07) is 7.92. The zero-order valence-corrected chi connectivity index (χ0v) is 16.5. The average molecular weight is 418 g/mol. The van der Waals surface area contributed by atoms with Gasteiger partial charge >= 0.3 is 6.18 Å². The first kappa shape index (κ1) is 20.4. The number of aromatic nitrogens is 3. The minimum absolute atomic E-state index is 0.254. The Labute approximate surface area is 170 Å². The van der Waals surface area contributed by atoms with Crippen LogP contribution in [0, 0.1) is 6.92 Å². The first-order chi connectivity index (χ1) is 14.2. The van der Waals surface area contributed by atoms with Crippen LogP contribution in [0.25, 0.3) is 5.69 Å². The second kappa shape index (κ2) is 7.41. The van der Waals surface area contributed by atoms with Gasteiger partial charge in [0.15, 0.2) is 0 Å². The molecular weight excluding hydrogens is 397 g/mol. The number of halogens is 3. The molecule has 0 fully saturated rings. The van der Waals surface area contributed by atoms with Crippen LogP contribution in [0.5, 0.6) is 0 Å². The molecule has 1 aromatic carbocycles. The molecule has 3 aromatic rings. The fraction of sp³-hybridized carbons (Fsp3) is 0.333. The van der Waals surface area contributed by atoms with E-state index in [9.17, 15) is 23.1 Å². The Balaban J connectivity index is 1.65. The molecule has 1 N–H and O–H groups in total. The summed E-state index contributed by atoms with van der Waals surface area (Å²) in [5.74, 6) is 0. The monoisotopic (exact) mass is 418 g/mol. The van der Waals surface area contributed by atoms with Crippen LogP contribution in [0.2, 0.25) is 0 Å². The number of hydrogen-bond donors (Lipinski definition) is 1. The van der Waals surface area contributed by atoms with Crippen molar-refractivity contribution in [3.05, 3.63) is 81.8 Å². The Morgan fingerprint density at radius 1 is 1.20 bits per heavy atom. The average Bonchev–Trinajstić information content (AvgIpc) is 3.14. The van der Waals surface area contributed by atoms with Gasteiger partial charge in [-0.3, -0.25) is 9.69 Å². The number of alkyl halides is 3. The van der Waals surface area contributed by atoms with Crippen molar-refractivity contribution in [3.63, 3.8) is 0 Å². The van der Waals surface area contributed by atoms with Gasteiger partial charge in [-0.05, 0) is 43.7 Å². The number of imidazole rings is 1. The summed E-state index contributed by atoms with van der Waals surface area (Å²) in [6.07, 6.45) is -2.25. The molecule has 0 bridgehead atoms. The molecule has 0 amide bonds. The standard InChI is InChI=1S/C21H21F3N4O2/c1-13-11-26(12-25-13)17-6-7-18-20(30)27(8-9-28(18)19(17)29)14(2)15-4-3-5-16(10-15)21(22,23)24/h3-7,10-12,14,20,30H,8-9H2,1-2H3. The third-order valence-electron chi connectivity index (χ3n) is 5.53. The van der Waals surface area contributed by atoms with Gasteiger partial charge in [0.1, 0.15) is 11.9 Å². The van der Waals surface area contributed by atoms with Crippen LogP contribution < -0.4 is 5.56 Å². The number of aliphatic hydroxyl groups is 1. The molecule has 0 saturated carbocycles. The lowest BCUT2D eigenvalue weighted by Gasteiger charge is -2.39. The van der Waals surface area contributed by atoms with Gasteiger partial charge in [-0.1, -0.05) is 12.1 Å². The van der Waals surface area contributed by atoms with E-state index in [1.807, 2.05) is 6.92 Å². The number of benzene rings is 1. The highest BCUT2D eigenvalue weighted by Gasteiger charge is 2.34. The van der Waals surface area contributed by atoms with Crippen LogP contribution in [-0.2, 0) is 12.7 Å². The molecule has 6 nitrogen and oxygen atoms in total. The van der Waals surface area contributed by atoms with E-state index in [1.165, 1.54) is 10.6 Å². The molecule has 2 aromatic heterocycles. The largest absolute Gasteiger partial charge is 0.416 e. The fourth-order valence-electron chi connectivity index (χ4n) is 3.87. The van der Waals surface area contributed by atoms with Crippen LogP contribution in [0.4, 0.5) is 13.2 Å². The van der Waals surface area contributed by atoms with Crippen LogP contribution in [0.15, 0.2) is 53.7 Å². The van der Waals surface area contributed by atoms with Gasteiger partial charge in [0, 0.05) is 25.3 Å². The summed E-state index contributed by atoms with van der Waals surface area (Å²) in [7, 11) is 0. The maximum Gasteiger partial charge on any atom is 0.416 e. The van der Waals surface area contributed by atoms with Gasteiger partial charge in [-0.25, -0.2) is 4.98 Å². The topological polar surface area (TPSA) is 63.3 Å². The van der Waals surface area contributed by atoms with Gasteiger partial charge in [0.2, 0.25) is 0 Å². The molecule has 0 radical (unpaired) electrons. The van der Waals surface area contributed by atoms with Crippen molar-refractivity contribution < 1.29 is 18.3 Å². The quantitative estimate of drug-likeness (QED) is 0.708. The Morgan fingerprint density at radius 2 is 1.97 bits per heavy atom. The predicted octanol–water partition coefficient (Wildman–Crippen LogP) is 3.43. The van der Waals surface area contributed by atoms with E-state index in [4.69, 9.17) is 0 Å². The lowest BCUT2D eigenvalue weighted by molar-refractivity contribution is -0.137. The number of pyridine rings is 1. The van der Waals surface area contributed by atoms with Gasteiger partial charge in [-0.2, -0.15) is 13.2 Å². The van der Waals surface area contributed by atoms with Crippen LogP contribution >= 0.6 is 0 Å². The molecule has 0 aliphatic carbocycles. The molecule has 9 heteroatoms. The summed E-state index contributed by atoms with van der Waals surface area (Å²) in [4.78, 5) is 18.7. The zero-order chi connectivity index (χ0) is 21.6. The van der Waals surface area contributed by atoms with Crippen LogP contribution in [-0.4, -0.2) is 30.7 Å². The molecule has 2 atom stereocenters. The Morgan fingerprint density at radius 3 is 2.63 bits per heavy atom. The Bertz CT molecular complexity index is 1140. The maximum atomic E-state index is 13.1. The van der Waals surface area contributed by atoms with E-state index in [2.05, 4.69) is 4.98 Å². The fourth-order valence-corrected chi connectivity index (χ4v) is 3.87. The number of aliphatic hydroxyl groups excluding tert-OH is 1. The number of rotatable bonds is 3. The second-order valence-electron chi connectivity index (χ2n) is 7.43. The highest BCUT2D eigenvalue weighted by Crippen LogP contribution is 2.35. The molecule has 1 aliphatic heterocycles. The molecule has 4 rings (SSSR count). The van der Waals surface area contributed by atoms with Crippen LogP contribution in [0.3, 0.4) is 0 Å². The van der Waals surface area contributed by atoms with Crippen molar-refractivity contribution in [1.29, 1.82) is 0 Å². The summed E-state index contributed by atoms with van der Waals surface area (Å²) in [5, 5.41) is 10.9. The molecular formula is C21H21F3N4O2.